The Morgan fingerprint density at radius 3 is 2.55 bits per heavy atom. The number of halogens is 3. The summed E-state index contributed by atoms with van der Waals surface area (Å²) in [6.45, 7) is -0.310. The third-order valence-corrected chi connectivity index (χ3v) is 5.12. The van der Waals surface area contributed by atoms with Crippen molar-refractivity contribution in [2.45, 2.75) is 6.54 Å². The summed E-state index contributed by atoms with van der Waals surface area (Å²) >= 11 is 1.11. The van der Waals surface area contributed by atoms with Crippen LogP contribution in [-0.4, -0.2) is 20.4 Å². The molecule has 0 unspecified atom stereocenters. The highest BCUT2D eigenvalue weighted by Gasteiger charge is 2.14. The number of hydrogen-bond acceptors (Lipinski definition) is 5. The zero-order chi connectivity index (χ0) is 22.0. The first-order valence-corrected chi connectivity index (χ1v) is 9.81. The molecule has 4 aromatic rings. The van der Waals surface area contributed by atoms with Crippen molar-refractivity contribution in [2.24, 2.45) is 0 Å². The molecule has 0 saturated heterocycles. The van der Waals surface area contributed by atoms with Gasteiger partial charge in [-0.05, 0) is 24.3 Å². The van der Waals surface area contributed by atoms with Gasteiger partial charge in [-0.25, -0.2) is 18.2 Å². The van der Waals surface area contributed by atoms with Crippen LogP contribution in [0.1, 0.15) is 15.9 Å². The number of pyridine rings is 2. The van der Waals surface area contributed by atoms with Gasteiger partial charge in [0.05, 0.1) is 12.2 Å². The van der Waals surface area contributed by atoms with Crippen LogP contribution in [0.4, 0.5) is 18.3 Å². The highest BCUT2D eigenvalue weighted by molar-refractivity contribution is 7.14. The first-order valence-electron chi connectivity index (χ1n) is 8.93. The number of carbonyl (C=O) groups is 1. The molecule has 156 valence electrons. The monoisotopic (exact) mass is 442 g/mol. The fourth-order valence-electron chi connectivity index (χ4n) is 2.80. The summed E-state index contributed by atoms with van der Waals surface area (Å²) in [4.78, 5) is 33.0. The lowest BCUT2D eigenvalue weighted by Crippen LogP contribution is -2.23. The molecule has 0 saturated carbocycles. The number of aromatic nitrogens is 3. The Morgan fingerprint density at radius 1 is 1.06 bits per heavy atom. The fourth-order valence-corrected chi connectivity index (χ4v) is 3.50. The number of benzene rings is 1. The highest BCUT2D eigenvalue weighted by atomic mass is 32.1. The van der Waals surface area contributed by atoms with Gasteiger partial charge in [0.15, 0.2) is 5.13 Å². The molecule has 10 heteroatoms. The minimum Gasteiger partial charge on any atom is -0.311 e. The number of nitrogens with one attached hydrogen (secondary N) is 1. The Morgan fingerprint density at radius 2 is 1.84 bits per heavy atom. The third kappa shape index (κ3) is 4.53. The van der Waals surface area contributed by atoms with Gasteiger partial charge in [-0.1, -0.05) is 6.07 Å². The summed E-state index contributed by atoms with van der Waals surface area (Å²) in [5.41, 5.74) is -0.0834. The Labute approximate surface area is 177 Å². The zero-order valence-electron chi connectivity index (χ0n) is 15.7. The highest BCUT2D eigenvalue weighted by Crippen LogP contribution is 2.24. The van der Waals surface area contributed by atoms with Gasteiger partial charge >= 0.3 is 0 Å². The van der Waals surface area contributed by atoms with Crippen LogP contribution < -0.4 is 10.9 Å². The molecular formula is C21H13F3N4O2S. The van der Waals surface area contributed by atoms with E-state index in [2.05, 4.69) is 15.3 Å². The van der Waals surface area contributed by atoms with Crippen LogP contribution in [0, 0.1) is 17.5 Å². The molecule has 0 aliphatic carbocycles. The van der Waals surface area contributed by atoms with E-state index in [9.17, 15) is 22.8 Å². The number of thiazole rings is 1. The van der Waals surface area contributed by atoms with E-state index in [1.807, 2.05) is 0 Å². The predicted octanol–water partition coefficient (Wildman–Crippen LogP) is 4.08. The molecule has 0 spiro atoms. The molecule has 1 amide bonds. The molecule has 6 nitrogen and oxygen atoms in total. The Hall–Kier alpha value is -3.79. The lowest BCUT2D eigenvalue weighted by atomic mass is 10.2. The molecule has 31 heavy (non-hydrogen) atoms. The van der Waals surface area contributed by atoms with Crippen molar-refractivity contribution in [1.29, 1.82) is 0 Å². The SMILES string of the molecule is O=C(Nc1nc(-c2cc(F)ccn2)cs1)c1ccn(Cc2c(F)cccc2F)c(=O)c1. The second kappa shape index (κ2) is 8.52. The van der Waals surface area contributed by atoms with Crippen molar-refractivity contribution < 1.29 is 18.0 Å². The first kappa shape index (κ1) is 20.5. The maximum Gasteiger partial charge on any atom is 0.257 e. The summed E-state index contributed by atoms with van der Waals surface area (Å²) in [6, 6.07) is 8.30. The van der Waals surface area contributed by atoms with Gasteiger partial charge in [-0.15, -0.1) is 11.3 Å². The summed E-state index contributed by atoms with van der Waals surface area (Å²) < 4.78 is 42.1. The van der Waals surface area contributed by atoms with Crippen molar-refractivity contribution in [3.8, 4) is 11.4 Å². The summed E-state index contributed by atoms with van der Waals surface area (Å²) in [7, 11) is 0. The Balaban J connectivity index is 1.50. The number of anilines is 1. The molecule has 0 aliphatic heterocycles. The number of nitrogens with zero attached hydrogens (tertiary/aromatic N) is 3. The lowest BCUT2D eigenvalue weighted by molar-refractivity contribution is 0.102. The molecular weight excluding hydrogens is 429 g/mol. The van der Waals surface area contributed by atoms with E-state index in [-0.39, 0.29) is 22.8 Å². The summed E-state index contributed by atoms with van der Waals surface area (Å²) in [6.07, 6.45) is 2.59. The van der Waals surface area contributed by atoms with E-state index in [4.69, 9.17) is 0 Å². The largest absolute Gasteiger partial charge is 0.311 e. The van der Waals surface area contributed by atoms with Crippen LogP contribution in [0.15, 0.2) is 65.0 Å². The predicted molar refractivity (Wildman–Crippen MR) is 109 cm³/mol. The van der Waals surface area contributed by atoms with E-state index in [0.29, 0.717) is 11.4 Å². The van der Waals surface area contributed by atoms with Gasteiger partial charge in [0.25, 0.3) is 11.5 Å². The smallest absolute Gasteiger partial charge is 0.257 e. The van der Waals surface area contributed by atoms with Crippen LogP contribution in [0.3, 0.4) is 0 Å². The molecule has 1 N–H and O–H groups in total. The van der Waals surface area contributed by atoms with Gasteiger partial charge in [0.1, 0.15) is 23.1 Å². The van der Waals surface area contributed by atoms with Gasteiger partial charge in [0.2, 0.25) is 0 Å². The average molecular weight is 442 g/mol. The second-order valence-corrected chi connectivity index (χ2v) is 7.29. The van der Waals surface area contributed by atoms with Crippen molar-refractivity contribution >= 4 is 22.4 Å². The van der Waals surface area contributed by atoms with Crippen molar-refractivity contribution in [3.63, 3.8) is 0 Å². The van der Waals surface area contributed by atoms with Gasteiger partial charge in [-0.2, -0.15) is 0 Å². The van der Waals surface area contributed by atoms with Gasteiger partial charge in [-0.3, -0.25) is 19.9 Å². The molecule has 0 atom stereocenters. The first-order chi connectivity index (χ1) is 14.9. The van der Waals surface area contributed by atoms with Gasteiger partial charge in [0, 0.05) is 41.0 Å². The molecule has 0 radical (unpaired) electrons. The normalized spacial score (nSPS) is 10.8. The Kier molecular flexibility index (Phi) is 5.63. The average Bonchev–Trinajstić information content (AvgIpc) is 3.20. The lowest BCUT2D eigenvalue weighted by Gasteiger charge is -2.09. The van der Waals surface area contributed by atoms with E-state index in [1.54, 1.807) is 5.38 Å². The summed E-state index contributed by atoms with van der Waals surface area (Å²) in [5, 5.41) is 4.41. The standard InChI is InChI=1S/C21H13F3N4O2S/c22-13-4-6-25-17(9-13)18-11-31-21(26-18)27-20(30)12-5-7-28(19(29)8-12)10-14-15(23)2-1-3-16(14)24/h1-9,11H,10H2,(H,26,27,30). The van der Waals surface area contributed by atoms with Gasteiger partial charge < -0.3 is 4.57 Å². The minimum absolute atomic E-state index is 0.0517. The molecule has 4 rings (SSSR count). The van der Waals surface area contributed by atoms with E-state index in [1.165, 1.54) is 36.7 Å². The third-order valence-electron chi connectivity index (χ3n) is 4.36. The Bertz CT molecular complexity index is 1320. The number of amides is 1. The summed E-state index contributed by atoms with van der Waals surface area (Å²) in [5.74, 6) is -2.57. The molecule has 0 aliphatic rings. The zero-order valence-corrected chi connectivity index (χ0v) is 16.5. The maximum absolute atomic E-state index is 13.8. The van der Waals surface area contributed by atoms with Crippen LogP contribution in [-0.2, 0) is 6.54 Å². The maximum atomic E-state index is 13.8. The van der Waals surface area contributed by atoms with Crippen molar-refractivity contribution in [1.82, 2.24) is 14.5 Å². The number of rotatable bonds is 5. The molecule has 3 aromatic heterocycles. The van der Waals surface area contributed by atoms with E-state index < -0.39 is 28.9 Å². The minimum atomic E-state index is -0.763. The van der Waals surface area contributed by atoms with Crippen LogP contribution in [0.25, 0.3) is 11.4 Å². The quantitative estimate of drug-likeness (QED) is 0.505. The van der Waals surface area contributed by atoms with E-state index in [0.717, 1.165) is 34.1 Å². The van der Waals surface area contributed by atoms with Crippen molar-refractivity contribution in [2.75, 3.05) is 5.32 Å². The fraction of sp³-hybridized carbons (Fsp3) is 0.0476. The number of hydrogen-bond donors (Lipinski definition) is 1. The number of carbonyl (C=O) groups excluding carboxylic acids is 1. The molecule has 3 heterocycles. The molecule has 0 fully saturated rings. The second-order valence-electron chi connectivity index (χ2n) is 6.43. The van der Waals surface area contributed by atoms with Crippen molar-refractivity contribution in [3.05, 3.63) is 99.2 Å². The topological polar surface area (TPSA) is 76.9 Å². The molecule has 0 bridgehead atoms. The van der Waals surface area contributed by atoms with Crippen LogP contribution in [0.2, 0.25) is 0 Å². The van der Waals surface area contributed by atoms with Crippen LogP contribution in [0.5, 0.6) is 0 Å². The van der Waals surface area contributed by atoms with Crippen LogP contribution >= 0.6 is 11.3 Å². The molecule has 1 aromatic carbocycles. The van der Waals surface area contributed by atoms with E-state index >= 15 is 0 Å².